The van der Waals surface area contributed by atoms with Crippen molar-refractivity contribution in [3.8, 4) is 5.75 Å². The Labute approximate surface area is 164 Å². The molecule has 1 aliphatic heterocycles. The zero-order chi connectivity index (χ0) is 19.5. The maximum absolute atomic E-state index is 12.7. The molecule has 28 heavy (non-hydrogen) atoms. The van der Waals surface area contributed by atoms with E-state index in [9.17, 15) is 4.79 Å². The number of hydrogen-bond donors (Lipinski definition) is 0. The highest BCUT2D eigenvalue weighted by atomic mass is 16.5. The monoisotopic (exact) mass is 379 g/mol. The Kier molecular flexibility index (Phi) is 5.28. The molecule has 0 saturated carbocycles. The third-order valence-electron chi connectivity index (χ3n) is 5.11. The maximum atomic E-state index is 12.7. The van der Waals surface area contributed by atoms with Crippen LogP contribution < -0.4 is 4.74 Å². The predicted octanol–water partition coefficient (Wildman–Crippen LogP) is 4.31. The second-order valence-corrected chi connectivity index (χ2v) is 7.86. The van der Waals surface area contributed by atoms with E-state index in [-0.39, 0.29) is 12.5 Å². The van der Waals surface area contributed by atoms with Crippen LogP contribution in [0.1, 0.15) is 42.9 Å². The van der Waals surface area contributed by atoms with E-state index >= 15 is 0 Å². The molecule has 0 spiro atoms. The zero-order valence-electron chi connectivity index (χ0n) is 16.3. The van der Waals surface area contributed by atoms with Gasteiger partial charge in [0.1, 0.15) is 12.4 Å². The van der Waals surface area contributed by atoms with Crippen LogP contribution in [0.25, 0.3) is 10.9 Å². The molecule has 3 aromatic rings. The van der Waals surface area contributed by atoms with E-state index in [4.69, 9.17) is 9.26 Å². The number of nitrogens with zero attached hydrogens (tertiary/aromatic N) is 3. The normalized spacial score (nSPS) is 16.8. The lowest BCUT2D eigenvalue weighted by Crippen LogP contribution is -2.29. The highest BCUT2D eigenvalue weighted by Crippen LogP contribution is 2.25. The summed E-state index contributed by atoms with van der Waals surface area (Å²) in [6.07, 6.45) is 3.98. The summed E-state index contributed by atoms with van der Waals surface area (Å²) in [7, 11) is 0. The fourth-order valence-corrected chi connectivity index (χ4v) is 3.82. The molecule has 6 nitrogen and oxygen atoms in total. The first kappa shape index (κ1) is 18.5. The molecule has 1 saturated heterocycles. The smallest absolute Gasteiger partial charge is 0.276 e. The van der Waals surface area contributed by atoms with Gasteiger partial charge >= 0.3 is 0 Å². The summed E-state index contributed by atoms with van der Waals surface area (Å²) in [6.45, 7) is 6.27. The van der Waals surface area contributed by atoms with Crippen LogP contribution in [-0.4, -0.2) is 34.0 Å². The summed E-state index contributed by atoms with van der Waals surface area (Å²) in [4.78, 5) is 18.8. The number of benzene rings is 1. The van der Waals surface area contributed by atoms with Crippen LogP contribution in [0, 0.1) is 11.8 Å². The molecule has 3 heterocycles. The van der Waals surface area contributed by atoms with Gasteiger partial charge in [0.2, 0.25) is 0 Å². The van der Waals surface area contributed by atoms with E-state index < -0.39 is 0 Å². The molecule has 0 bridgehead atoms. The lowest BCUT2D eigenvalue weighted by molar-refractivity contribution is 0.0775. The standard InChI is InChI=1S/C22H25N3O3/c1-15(2)10-16-7-9-25(13-16)22(26)21-12-19(28-24-21)14-27-18-5-6-20-17(11-18)4-3-8-23-20/h3-6,8,11-12,15-16H,7,9-10,13-14H2,1-2H3/t16-/m0/s1. The fourth-order valence-electron chi connectivity index (χ4n) is 3.82. The number of carbonyl (C=O) groups is 1. The highest BCUT2D eigenvalue weighted by Gasteiger charge is 2.29. The molecule has 1 fully saturated rings. The van der Waals surface area contributed by atoms with Crippen LogP contribution in [0.3, 0.4) is 0 Å². The van der Waals surface area contributed by atoms with Gasteiger partial charge in [-0.05, 0) is 48.9 Å². The maximum Gasteiger partial charge on any atom is 0.276 e. The lowest BCUT2D eigenvalue weighted by Gasteiger charge is -2.15. The lowest BCUT2D eigenvalue weighted by atomic mass is 9.97. The molecule has 4 rings (SSSR count). The first-order valence-electron chi connectivity index (χ1n) is 9.81. The Morgan fingerprint density at radius 1 is 1.32 bits per heavy atom. The van der Waals surface area contributed by atoms with Gasteiger partial charge in [0.25, 0.3) is 5.91 Å². The van der Waals surface area contributed by atoms with Crippen LogP contribution in [0.2, 0.25) is 0 Å². The van der Waals surface area contributed by atoms with Crippen molar-refractivity contribution in [3.05, 3.63) is 54.0 Å². The Morgan fingerprint density at radius 2 is 2.21 bits per heavy atom. The van der Waals surface area contributed by atoms with E-state index in [1.807, 2.05) is 35.2 Å². The van der Waals surface area contributed by atoms with E-state index in [2.05, 4.69) is 24.0 Å². The predicted molar refractivity (Wildman–Crippen MR) is 106 cm³/mol. The number of fused-ring (bicyclic) bond motifs is 1. The van der Waals surface area contributed by atoms with E-state index in [0.29, 0.717) is 23.3 Å². The van der Waals surface area contributed by atoms with Crippen LogP contribution in [0.5, 0.6) is 5.75 Å². The quantitative estimate of drug-likeness (QED) is 0.638. The third-order valence-corrected chi connectivity index (χ3v) is 5.11. The van der Waals surface area contributed by atoms with E-state index in [1.54, 1.807) is 12.3 Å². The molecule has 2 aromatic heterocycles. The van der Waals surface area contributed by atoms with Crippen molar-refractivity contribution in [1.82, 2.24) is 15.0 Å². The summed E-state index contributed by atoms with van der Waals surface area (Å²) in [5.41, 5.74) is 1.27. The second-order valence-electron chi connectivity index (χ2n) is 7.86. The summed E-state index contributed by atoms with van der Waals surface area (Å²) < 4.78 is 11.1. The number of ether oxygens (including phenoxy) is 1. The highest BCUT2D eigenvalue weighted by molar-refractivity contribution is 5.92. The summed E-state index contributed by atoms with van der Waals surface area (Å²) in [5.74, 6) is 2.44. The van der Waals surface area contributed by atoms with Crippen molar-refractivity contribution in [2.75, 3.05) is 13.1 Å². The Bertz CT molecular complexity index is 966. The van der Waals surface area contributed by atoms with Gasteiger partial charge in [0.15, 0.2) is 11.5 Å². The van der Waals surface area contributed by atoms with E-state index in [0.717, 1.165) is 42.6 Å². The molecule has 1 aromatic carbocycles. The molecule has 0 radical (unpaired) electrons. The van der Waals surface area contributed by atoms with Crippen molar-refractivity contribution in [3.63, 3.8) is 0 Å². The van der Waals surface area contributed by atoms with Gasteiger partial charge in [0.05, 0.1) is 5.52 Å². The largest absolute Gasteiger partial charge is 0.486 e. The summed E-state index contributed by atoms with van der Waals surface area (Å²) in [5, 5.41) is 4.97. The SMILES string of the molecule is CC(C)C[C@@H]1CCN(C(=O)c2cc(COc3ccc4ncccc4c3)on2)C1. The van der Waals surface area contributed by atoms with Gasteiger partial charge in [-0.3, -0.25) is 9.78 Å². The van der Waals surface area contributed by atoms with Gasteiger partial charge < -0.3 is 14.2 Å². The first-order valence-corrected chi connectivity index (χ1v) is 9.81. The number of aromatic nitrogens is 2. The zero-order valence-corrected chi connectivity index (χ0v) is 16.3. The molecule has 0 aliphatic carbocycles. The minimum absolute atomic E-state index is 0.0574. The van der Waals surface area contributed by atoms with E-state index in [1.165, 1.54) is 0 Å². The fraction of sp³-hybridized carbons (Fsp3) is 0.409. The van der Waals surface area contributed by atoms with Gasteiger partial charge in [-0.1, -0.05) is 25.1 Å². The second kappa shape index (κ2) is 8.00. The number of rotatable bonds is 6. The average molecular weight is 379 g/mol. The van der Waals surface area contributed by atoms with Gasteiger partial charge in [-0.15, -0.1) is 0 Å². The van der Waals surface area contributed by atoms with Crippen molar-refractivity contribution in [2.24, 2.45) is 11.8 Å². The number of hydrogen-bond acceptors (Lipinski definition) is 5. The minimum atomic E-state index is -0.0574. The van der Waals surface area contributed by atoms with Gasteiger partial charge in [-0.25, -0.2) is 0 Å². The summed E-state index contributed by atoms with van der Waals surface area (Å²) in [6, 6.07) is 11.3. The Hall–Kier alpha value is -2.89. The van der Waals surface area contributed by atoms with Crippen LogP contribution >= 0.6 is 0 Å². The molecule has 1 atom stereocenters. The molecule has 146 valence electrons. The molecular weight excluding hydrogens is 354 g/mol. The number of carbonyl (C=O) groups excluding carboxylic acids is 1. The van der Waals surface area contributed by atoms with Gasteiger partial charge in [0, 0.05) is 30.7 Å². The number of amides is 1. The molecule has 1 amide bonds. The Balaban J connectivity index is 1.35. The van der Waals surface area contributed by atoms with Crippen molar-refractivity contribution in [2.45, 2.75) is 33.3 Å². The topological polar surface area (TPSA) is 68.5 Å². The average Bonchev–Trinajstić information content (AvgIpc) is 3.35. The van der Waals surface area contributed by atoms with Crippen LogP contribution in [0.15, 0.2) is 47.1 Å². The molecule has 1 aliphatic rings. The van der Waals surface area contributed by atoms with Crippen LogP contribution in [0.4, 0.5) is 0 Å². The van der Waals surface area contributed by atoms with Crippen molar-refractivity contribution < 1.29 is 14.1 Å². The molecular formula is C22H25N3O3. The van der Waals surface area contributed by atoms with Crippen molar-refractivity contribution in [1.29, 1.82) is 0 Å². The first-order chi connectivity index (χ1) is 13.6. The summed E-state index contributed by atoms with van der Waals surface area (Å²) >= 11 is 0. The minimum Gasteiger partial charge on any atom is -0.486 e. The number of pyridine rings is 1. The molecule has 0 N–H and O–H groups in total. The van der Waals surface area contributed by atoms with Crippen LogP contribution in [-0.2, 0) is 6.61 Å². The number of likely N-dealkylation sites (tertiary alicyclic amines) is 1. The van der Waals surface area contributed by atoms with Crippen molar-refractivity contribution >= 4 is 16.8 Å². The molecule has 0 unspecified atom stereocenters. The Morgan fingerprint density at radius 3 is 3.07 bits per heavy atom. The third kappa shape index (κ3) is 4.16. The van der Waals surface area contributed by atoms with Gasteiger partial charge in [-0.2, -0.15) is 0 Å². The molecule has 6 heteroatoms.